The summed E-state index contributed by atoms with van der Waals surface area (Å²) in [6.07, 6.45) is 2.29. The maximum atomic E-state index is 12.3. The van der Waals surface area contributed by atoms with Crippen LogP contribution in [0.5, 0.6) is 0 Å². The molecule has 1 saturated heterocycles. The molecule has 0 radical (unpaired) electrons. The van der Waals surface area contributed by atoms with E-state index in [1.807, 2.05) is 47.4 Å². The van der Waals surface area contributed by atoms with Gasteiger partial charge in [0.25, 0.3) is 0 Å². The lowest BCUT2D eigenvalue weighted by molar-refractivity contribution is -0.133. The smallest absolute Gasteiger partial charge is 0.223 e. The fourth-order valence-electron chi connectivity index (χ4n) is 3.05. The van der Waals surface area contributed by atoms with Crippen molar-refractivity contribution in [1.29, 1.82) is 0 Å². The van der Waals surface area contributed by atoms with Crippen molar-refractivity contribution < 1.29 is 14.3 Å². The molecular formula is C19H24N2O3. The number of aliphatic hydroxyl groups is 1. The third-order valence-electron chi connectivity index (χ3n) is 4.51. The molecule has 1 aliphatic rings. The SMILES string of the molecule is O=C(CCc1ccco1)N1CCN(CC(O)c2ccccc2)CC1. The highest BCUT2D eigenvalue weighted by Crippen LogP contribution is 2.15. The Bertz CT molecular complexity index is 619. The number of carbonyl (C=O) groups excluding carboxylic acids is 1. The molecule has 1 amide bonds. The van der Waals surface area contributed by atoms with Crippen LogP contribution in [0.3, 0.4) is 0 Å². The number of benzene rings is 1. The monoisotopic (exact) mass is 328 g/mol. The van der Waals surface area contributed by atoms with Gasteiger partial charge in [-0.05, 0) is 17.7 Å². The summed E-state index contributed by atoms with van der Waals surface area (Å²) in [5, 5.41) is 10.3. The lowest BCUT2D eigenvalue weighted by atomic mass is 10.1. The Morgan fingerprint density at radius 3 is 2.50 bits per heavy atom. The number of rotatable bonds is 6. The molecule has 1 aliphatic heterocycles. The average Bonchev–Trinajstić information content (AvgIpc) is 3.14. The Labute approximate surface area is 142 Å². The van der Waals surface area contributed by atoms with Crippen LogP contribution < -0.4 is 0 Å². The summed E-state index contributed by atoms with van der Waals surface area (Å²) >= 11 is 0. The average molecular weight is 328 g/mol. The van der Waals surface area contributed by atoms with Gasteiger partial charge in [-0.25, -0.2) is 0 Å². The van der Waals surface area contributed by atoms with Crippen molar-refractivity contribution in [2.45, 2.75) is 18.9 Å². The highest BCUT2D eigenvalue weighted by molar-refractivity contribution is 5.76. The number of furan rings is 1. The molecule has 24 heavy (non-hydrogen) atoms. The number of amides is 1. The zero-order valence-corrected chi connectivity index (χ0v) is 13.8. The molecule has 0 aliphatic carbocycles. The number of piperazine rings is 1. The van der Waals surface area contributed by atoms with Gasteiger partial charge in [0.1, 0.15) is 5.76 Å². The van der Waals surface area contributed by atoms with Gasteiger partial charge < -0.3 is 14.4 Å². The summed E-state index contributed by atoms with van der Waals surface area (Å²) in [5.74, 6) is 1.03. The standard InChI is InChI=1S/C19H24N2O3/c22-18(16-5-2-1-3-6-16)15-20-10-12-21(13-11-20)19(23)9-8-17-7-4-14-24-17/h1-7,14,18,22H,8-13,15H2. The number of hydrogen-bond acceptors (Lipinski definition) is 4. The number of aryl methyl sites for hydroxylation is 1. The van der Waals surface area contributed by atoms with Gasteiger partial charge >= 0.3 is 0 Å². The van der Waals surface area contributed by atoms with Crippen molar-refractivity contribution in [1.82, 2.24) is 9.80 Å². The molecule has 1 atom stereocenters. The van der Waals surface area contributed by atoms with Crippen LogP contribution in [0, 0.1) is 0 Å². The summed E-state index contributed by atoms with van der Waals surface area (Å²) < 4.78 is 5.27. The summed E-state index contributed by atoms with van der Waals surface area (Å²) in [4.78, 5) is 16.4. The van der Waals surface area contributed by atoms with Gasteiger partial charge in [0.05, 0.1) is 12.4 Å². The minimum atomic E-state index is -0.479. The fraction of sp³-hybridized carbons (Fsp3) is 0.421. The first-order chi connectivity index (χ1) is 11.7. The van der Waals surface area contributed by atoms with Gasteiger partial charge in [-0.3, -0.25) is 9.69 Å². The minimum Gasteiger partial charge on any atom is -0.469 e. The molecule has 5 nitrogen and oxygen atoms in total. The lowest BCUT2D eigenvalue weighted by Gasteiger charge is -2.35. The zero-order chi connectivity index (χ0) is 16.8. The van der Waals surface area contributed by atoms with Gasteiger partial charge in [-0.1, -0.05) is 30.3 Å². The van der Waals surface area contributed by atoms with Crippen LogP contribution in [-0.4, -0.2) is 53.5 Å². The molecule has 1 fully saturated rings. The molecule has 2 aromatic rings. The molecule has 2 heterocycles. The molecular weight excluding hydrogens is 304 g/mol. The number of carbonyl (C=O) groups is 1. The quantitative estimate of drug-likeness (QED) is 0.882. The summed E-state index contributed by atoms with van der Waals surface area (Å²) in [6, 6.07) is 13.5. The Kier molecular flexibility index (Phi) is 5.67. The second kappa shape index (κ2) is 8.13. The Morgan fingerprint density at radius 1 is 1.08 bits per heavy atom. The van der Waals surface area contributed by atoms with E-state index in [0.717, 1.165) is 37.5 Å². The van der Waals surface area contributed by atoms with Crippen molar-refractivity contribution in [3.63, 3.8) is 0 Å². The van der Waals surface area contributed by atoms with E-state index in [2.05, 4.69) is 4.90 Å². The molecule has 1 N–H and O–H groups in total. The van der Waals surface area contributed by atoms with Crippen LogP contribution in [0.2, 0.25) is 0 Å². The zero-order valence-electron chi connectivity index (χ0n) is 13.8. The number of aliphatic hydroxyl groups excluding tert-OH is 1. The van der Waals surface area contributed by atoms with Crippen LogP contribution >= 0.6 is 0 Å². The van der Waals surface area contributed by atoms with Crippen molar-refractivity contribution in [3.8, 4) is 0 Å². The van der Waals surface area contributed by atoms with Crippen LogP contribution in [0.25, 0.3) is 0 Å². The van der Waals surface area contributed by atoms with E-state index in [4.69, 9.17) is 4.42 Å². The lowest BCUT2D eigenvalue weighted by Crippen LogP contribution is -2.49. The Hall–Kier alpha value is -2.11. The minimum absolute atomic E-state index is 0.176. The van der Waals surface area contributed by atoms with Crippen molar-refractivity contribution in [3.05, 3.63) is 60.1 Å². The normalized spacial score (nSPS) is 17.0. The predicted octanol–water partition coefficient (Wildman–Crippen LogP) is 2.09. The molecule has 1 aromatic carbocycles. The van der Waals surface area contributed by atoms with E-state index in [0.29, 0.717) is 19.4 Å². The van der Waals surface area contributed by atoms with E-state index in [1.54, 1.807) is 6.26 Å². The third kappa shape index (κ3) is 4.46. The van der Waals surface area contributed by atoms with Gasteiger partial charge in [-0.2, -0.15) is 0 Å². The van der Waals surface area contributed by atoms with E-state index < -0.39 is 6.10 Å². The molecule has 0 spiro atoms. The van der Waals surface area contributed by atoms with E-state index in [-0.39, 0.29) is 5.91 Å². The Balaban J connectivity index is 1.41. The molecule has 128 valence electrons. The van der Waals surface area contributed by atoms with Crippen molar-refractivity contribution in [2.24, 2.45) is 0 Å². The highest BCUT2D eigenvalue weighted by atomic mass is 16.3. The molecule has 3 rings (SSSR count). The van der Waals surface area contributed by atoms with Gasteiger partial charge in [0.2, 0.25) is 5.91 Å². The maximum Gasteiger partial charge on any atom is 0.223 e. The second-order valence-corrected chi connectivity index (χ2v) is 6.19. The van der Waals surface area contributed by atoms with Crippen molar-refractivity contribution in [2.75, 3.05) is 32.7 Å². The number of hydrogen-bond donors (Lipinski definition) is 1. The molecule has 1 aromatic heterocycles. The largest absolute Gasteiger partial charge is 0.469 e. The van der Waals surface area contributed by atoms with Gasteiger partial charge in [0.15, 0.2) is 0 Å². The van der Waals surface area contributed by atoms with E-state index in [9.17, 15) is 9.90 Å². The summed E-state index contributed by atoms with van der Waals surface area (Å²) in [5.41, 5.74) is 0.939. The topological polar surface area (TPSA) is 56.9 Å². The Morgan fingerprint density at radius 2 is 1.83 bits per heavy atom. The fourth-order valence-corrected chi connectivity index (χ4v) is 3.05. The molecule has 5 heteroatoms. The summed E-state index contributed by atoms with van der Waals surface area (Å²) in [7, 11) is 0. The van der Waals surface area contributed by atoms with Crippen molar-refractivity contribution >= 4 is 5.91 Å². The highest BCUT2D eigenvalue weighted by Gasteiger charge is 2.22. The molecule has 0 saturated carbocycles. The summed E-state index contributed by atoms with van der Waals surface area (Å²) in [6.45, 7) is 3.65. The first kappa shape index (κ1) is 16.7. The molecule has 1 unspecified atom stereocenters. The first-order valence-corrected chi connectivity index (χ1v) is 8.48. The van der Waals surface area contributed by atoms with Crippen LogP contribution in [0.1, 0.15) is 23.8 Å². The molecule has 0 bridgehead atoms. The number of β-amino-alcohol motifs (C(OH)–C–C–N with tert-alkyl or cyclic N) is 1. The second-order valence-electron chi connectivity index (χ2n) is 6.19. The van der Waals surface area contributed by atoms with Crippen LogP contribution in [0.4, 0.5) is 0 Å². The first-order valence-electron chi connectivity index (χ1n) is 8.48. The van der Waals surface area contributed by atoms with Crippen LogP contribution in [0.15, 0.2) is 53.1 Å². The van der Waals surface area contributed by atoms with Crippen LogP contribution in [-0.2, 0) is 11.2 Å². The van der Waals surface area contributed by atoms with Gasteiger partial charge in [-0.15, -0.1) is 0 Å². The van der Waals surface area contributed by atoms with E-state index >= 15 is 0 Å². The van der Waals surface area contributed by atoms with Gasteiger partial charge in [0, 0.05) is 45.6 Å². The third-order valence-corrected chi connectivity index (χ3v) is 4.51. The maximum absolute atomic E-state index is 12.3. The van der Waals surface area contributed by atoms with E-state index in [1.165, 1.54) is 0 Å². The predicted molar refractivity (Wildman–Crippen MR) is 91.5 cm³/mol. The number of nitrogens with zero attached hydrogens (tertiary/aromatic N) is 2.